The maximum absolute atomic E-state index is 4.49. The standard InChI is InChI=1S/C18H26N8.HI/c1-12(10-15-13(2)24-25(5)14(15)3)21-18(19-4)20-11-17-23-22-16-8-6-7-9-26(16)17;/h6-9,12H,10-11H2,1-5H3,(H2,19,20,21);1H. The second kappa shape index (κ2) is 9.16. The van der Waals surface area contributed by atoms with E-state index in [0.717, 1.165) is 29.5 Å². The van der Waals surface area contributed by atoms with E-state index in [0.29, 0.717) is 6.54 Å². The molecular weight excluding hydrogens is 455 g/mol. The van der Waals surface area contributed by atoms with Gasteiger partial charge >= 0.3 is 0 Å². The van der Waals surface area contributed by atoms with Crippen LogP contribution in [-0.4, -0.2) is 43.4 Å². The van der Waals surface area contributed by atoms with Crippen LogP contribution in [0.3, 0.4) is 0 Å². The van der Waals surface area contributed by atoms with Crippen LogP contribution in [0.15, 0.2) is 29.4 Å². The van der Waals surface area contributed by atoms with Crippen molar-refractivity contribution in [2.45, 2.75) is 39.8 Å². The van der Waals surface area contributed by atoms with Gasteiger partial charge in [-0.05, 0) is 44.9 Å². The third-order valence-electron chi connectivity index (χ3n) is 4.57. The van der Waals surface area contributed by atoms with Crippen LogP contribution in [0.5, 0.6) is 0 Å². The lowest BCUT2D eigenvalue weighted by molar-refractivity contribution is 0.631. The summed E-state index contributed by atoms with van der Waals surface area (Å²) in [7, 11) is 3.75. The van der Waals surface area contributed by atoms with Gasteiger partial charge in [-0.2, -0.15) is 5.10 Å². The van der Waals surface area contributed by atoms with Crippen LogP contribution >= 0.6 is 24.0 Å². The lowest BCUT2D eigenvalue weighted by Crippen LogP contribution is -2.43. The number of pyridine rings is 1. The first-order chi connectivity index (χ1) is 12.5. The van der Waals surface area contributed by atoms with Gasteiger partial charge in [0.05, 0.1) is 12.2 Å². The predicted octanol–water partition coefficient (Wildman–Crippen LogP) is 1.99. The van der Waals surface area contributed by atoms with E-state index in [2.05, 4.69) is 51.7 Å². The average Bonchev–Trinajstić information content (AvgIpc) is 3.15. The number of aryl methyl sites for hydroxylation is 2. The number of aromatic nitrogens is 5. The molecule has 3 heterocycles. The molecule has 0 saturated heterocycles. The lowest BCUT2D eigenvalue weighted by Gasteiger charge is -2.18. The highest BCUT2D eigenvalue weighted by Gasteiger charge is 2.14. The Bertz CT molecular complexity index is 927. The lowest BCUT2D eigenvalue weighted by atomic mass is 10.1. The molecule has 0 saturated carbocycles. The Hall–Kier alpha value is -2.17. The Morgan fingerprint density at radius 3 is 2.70 bits per heavy atom. The fraction of sp³-hybridized carbons (Fsp3) is 0.444. The minimum Gasteiger partial charge on any atom is -0.354 e. The number of guanidine groups is 1. The average molecular weight is 482 g/mol. The summed E-state index contributed by atoms with van der Waals surface area (Å²) in [6, 6.07) is 6.07. The summed E-state index contributed by atoms with van der Waals surface area (Å²) in [5.74, 6) is 1.58. The molecule has 146 valence electrons. The first-order valence-electron chi connectivity index (χ1n) is 8.74. The van der Waals surface area contributed by atoms with Crippen molar-refractivity contribution < 1.29 is 0 Å². The largest absolute Gasteiger partial charge is 0.354 e. The molecule has 0 spiro atoms. The van der Waals surface area contributed by atoms with Crippen molar-refractivity contribution in [3.05, 3.63) is 47.2 Å². The Labute approximate surface area is 176 Å². The first-order valence-corrected chi connectivity index (χ1v) is 8.74. The van der Waals surface area contributed by atoms with Crippen molar-refractivity contribution in [1.29, 1.82) is 0 Å². The molecule has 27 heavy (non-hydrogen) atoms. The third kappa shape index (κ3) is 4.76. The summed E-state index contributed by atoms with van der Waals surface area (Å²) in [5, 5.41) is 19.6. The van der Waals surface area contributed by atoms with Crippen LogP contribution in [0.2, 0.25) is 0 Å². The number of aliphatic imine (C=N–C) groups is 1. The molecule has 3 aromatic rings. The predicted molar refractivity (Wildman–Crippen MR) is 118 cm³/mol. The van der Waals surface area contributed by atoms with Crippen molar-refractivity contribution in [2.75, 3.05) is 7.05 Å². The van der Waals surface area contributed by atoms with Crippen LogP contribution in [0, 0.1) is 13.8 Å². The summed E-state index contributed by atoms with van der Waals surface area (Å²) in [6.07, 6.45) is 2.85. The van der Waals surface area contributed by atoms with Gasteiger partial charge in [0.25, 0.3) is 0 Å². The van der Waals surface area contributed by atoms with E-state index in [4.69, 9.17) is 0 Å². The highest BCUT2D eigenvalue weighted by molar-refractivity contribution is 14.0. The van der Waals surface area contributed by atoms with Gasteiger partial charge in [-0.15, -0.1) is 34.2 Å². The molecule has 0 aliphatic rings. The summed E-state index contributed by atoms with van der Waals surface area (Å²) in [6.45, 7) is 6.85. The van der Waals surface area contributed by atoms with Crippen molar-refractivity contribution in [2.24, 2.45) is 12.0 Å². The van der Waals surface area contributed by atoms with Crippen molar-refractivity contribution in [1.82, 2.24) is 35.0 Å². The minimum atomic E-state index is 0. The number of halogens is 1. The Morgan fingerprint density at radius 1 is 1.26 bits per heavy atom. The molecular formula is C18H27IN8. The van der Waals surface area contributed by atoms with E-state index in [1.54, 1.807) is 7.05 Å². The summed E-state index contributed by atoms with van der Waals surface area (Å²) in [4.78, 5) is 4.32. The van der Waals surface area contributed by atoms with Gasteiger partial charge in [0.2, 0.25) is 0 Å². The summed E-state index contributed by atoms with van der Waals surface area (Å²) < 4.78 is 3.90. The number of fused-ring (bicyclic) bond motifs is 1. The molecule has 0 aliphatic carbocycles. The summed E-state index contributed by atoms with van der Waals surface area (Å²) >= 11 is 0. The van der Waals surface area contributed by atoms with E-state index < -0.39 is 0 Å². The second-order valence-corrected chi connectivity index (χ2v) is 6.49. The van der Waals surface area contributed by atoms with Crippen molar-refractivity contribution in [3.63, 3.8) is 0 Å². The molecule has 0 aromatic carbocycles. The highest BCUT2D eigenvalue weighted by Crippen LogP contribution is 2.14. The highest BCUT2D eigenvalue weighted by atomic mass is 127. The zero-order chi connectivity index (χ0) is 18.7. The van der Waals surface area contributed by atoms with Gasteiger partial charge in [-0.25, -0.2) is 0 Å². The van der Waals surface area contributed by atoms with Gasteiger partial charge in [0.15, 0.2) is 17.4 Å². The minimum absolute atomic E-state index is 0. The second-order valence-electron chi connectivity index (χ2n) is 6.49. The van der Waals surface area contributed by atoms with Crippen LogP contribution in [0.1, 0.15) is 29.7 Å². The number of nitrogens with zero attached hydrogens (tertiary/aromatic N) is 6. The molecule has 9 heteroatoms. The van der Waals surface area contributed by atoms with Crippen LogP contribution in [-0.2, 0) is 20.0 Å². The van der Waals surface area contributed by atoms with Gasteiger partial charge in [0, 0.05) is 32.0 Å². The van der Waals surface area contributed by atoms with E-state index in [-0.39, 0.29) is 30.0 Å². The smallest absolute Gasteiger partial charge is 0.191 e. The molecule has 8 nitrogen and oxygen atoms in total. The van der Waals surface area contributed by atoms with Gasteiger partial charge in [-0.1, -0.05) is 6.07 Å². The topological polar surface area (TPSA) is 84.4 Å². The van der Waals surface area contributed by atoms with E-state index >= 15 is 0 Å². The molecule has 3 rings (SSSR count). The van der Waals surface area contributed by atoms with Crippen LogP contribution < -0.4 is 10.6 Å². The quantitative estimate of drug-likeness (QED) is 0.330. The van der Waals surface area contributed by atoms with E-state index in [9.17, 15) is 0 Å². The van der Waals surface area contributed by atoms with E-state index in [1.807, 2.05) is 40.5 Å². The Morgan fingerprint density at radius 2 is 2.04 bits per heavy atom. The number of rotatable bonds is 5. The van der Waals surface area contributed by atoms with Gasteiger partial charge < -0.3 is 10.6 Å². The van der Waals surface area contributed by atoms with Crippen LogP contribution in [0.4, 0.5) is 0 Å². The van der Waals surface area contributed by atoms with Gasteiger partial charge in [0.1, 0.15) is 0 Å². The molecule has 1 unspecified atom stereocenters. The molecule has 0 amide bonds. The first kappa shape index (κ1) is 21.1. The molecule has 0 bridgehead atoms. The number of hydrogen-bond acceptors (Lipinski definition) is 4. The van der Waals surface area contributed by atoms with E-state index in [1.165, 1.54) is 11.3 Å². The molecule has 0 fully saturated rings. The summed E-state index contributed by atoms with van der Waals surface area (Å²) in [5.41, 5.74) is 4.40. The fourth-order valence-corrected chi connectivity index (χ4v) is 3.07. The zero-order valence-corrected chi connectivity index (χ0v) is 18.7. The van der Waals surface area contributed by atoms with Crippen LogP contribution in [0.25, 0.3) is 5.65 Å². The fourth-order valence-electron chi connectivity index (χ4n) is 3.07. The Kier molecular flexibility index (Phi) is 7.17. The molecule has 3 aromatic heterocycles. The number of hydrogen-bond donors (Lipinski definition) is 2. The monoisotopic (exact) mass is 482 g/mol. The molecule has 1 atom stereocenters. The normalized spacial score (nSPS) is 12.7. The maximum atomic E-state index is 4.49. The van der Waals surface area contributed by atoms with Crippen molar-refractivity contribution >= 4 is 35.6 Å². The molecule has 2 N–H and O–H groups in total. The molecule has 0 aliphatic heterocycles. The maximum Gasteiger partial charge on any atom is 0.191 e. The molecule has 0 radical (unpaired) electrons. The zero-order valence-electron chi connectivity index (χ0n) is 16.4. The third-order valence-corrected chi connectivity index (χ3v) is 4.57. The SMILES string of the molecule is CN=C(NCc1nnc2ccccn12)NC(C)Cc1c(C)nn(C)c1C.I. The van der Waals surface area contributed by atoms with Gasteiger partial charge in [-0.3, -0.25) is 14.1 Å². The Balaban J connectivity index is 0.00000261. The number of nitrogens with one attached hydrogen (secondary N) is 2. The van der Waals surface area contributed by atoms with Crippen molar-refractivity contribution in [3.8, 4) is 0 Å².